The van der Waals surface area contributed by atoms with Crippen molar-refractivity contribution in [2.45, 2.75) is 51.1 Å². The SMILES string of the molecule is CCC(=O)N[C@H]1CCCC[C@@H]1Nc1nc(-c2c[nH]c3ncc(Cl)cc23)ncc1F. The van der Waals surface area contributed by atoms with Crippen LogP contribution in [0.1, 0.15) is 39.0 Å². The van der Waals surface area contributed by atoms with E-state index in [-0.39, 0.29) is 23.8 Å². The first-order valence-electron chi connectivity index (χ1n) is 9.76. The summed E-state index contributed by atoms with van der Waals surface area (Å²) in [4.78, 5) is 27.7. The number of pyridine rings is 1. The zero-order chi connectivity index (χ0) is 20.4. The average molecular weight is 417 g/mol. The highest BCUT2D eigenvalue weighted by Crippen LogP contribution is 2.29. The number of carbonyl (C=O) groups excluding carboxylic acids is 1. The Bertz CT molecular complexity index is 1040. The average Bonchev–Trinajstić information content (AvgIpc) is 3.14. The van der Waals surface area contributed by atoms with Gasteiger partial charge in [-0.25, -0.2) is 19.3 Å². The molecule has 0 radical (unpaired) electrons. The van der Waals surface area contributed by atoms with Crippen LogP contribution in [0.25, 0.3) is 22.4 Å². The minimum absolute atomic E-state index is 0.00396. The molecule has 0 saturated heterocycles. The Labute approximate surface area is 172 Å². The van der Waals surface area contributed by atoms with Gasteiger partial charge in [-0.05, 0) is 18.9 Å². The van der Waals surface area contributed by atoms with Gasteiger partial charge in [0.2, 0.25) is 5.91 Å². The first kappa shape index (κ1) is 19.6. The van der Waals surface area contributed by atoms with Crippen molar-refractivity contribution in [1.29, 1.82) is 0 Å². The van der Waals surface area contributed by atoms with Crippen LogP contribution in [0.15, 0.2) is 24.7 Å². The van der Waals surface area contributed by atoms with Gasteiger partial charge in [-0.15, -0.1) is 0 Å². The number of nitrogens with zero attached hydrogens (tertiary/aromatic N) is 3. The maximum absolute atomic E-state index is 14.5. The van der Waals surface area contributed by atoms with E-state index in [1.807, 2.05) is 6.92 Å². The first-order valence-corrected chi connectivity index (χ1v) is 10.1. The van der Waals surface area contributed by atoms with Crippen LogP contribution in [0.2, 0.25) is 5.02 Å². The van der Waals surface area contributed by atoms with Crippen LogP contribution >= 0.6 is 11.6 Å². The molecule has 0 bridgehead atoms. The molecule has 3 heterocycles. The minimum Gasteiger partial charge on any atom is -0.363 e. The number of amides is 1. The second-order valence-corrected chi connectivity index (χ2v) is 7.64. The monoisotopic (exact) mass is 416 g/mol. The van der Waals surface area contributed by atoms with E-state index in [1.165, 1.54) is 0 Å². The Balaban J connectivity index is 1.62. The number of fused-ring (bicyclic) bond motifs is 1. The lowest BCUT2D eigenvalue weighted by molar-refractivity contribution is -0.121. The van der Waals surface area contributed by atoms with Crippen molar-refractivity contribution >= 4 is 34.4 Å². The summed E-state index contributed by atoms with van der Waals surface area (Å²) in [7, 11) is 0. The van der Waals surface area contributed by atoms with E-state index in [1.54, 1.807) is 18.5 Å². The molecule has 152 valence electrons. The summed E-state index contributed by atoms with van der Waals surface area (Å²) < 4.78 is 14.5. The highest BCUT2D eigenvalue weighted by molar-refractivity contribution is 6.31. The Hall–Kier alpha value is -2.74. The third-order valence-corrected chi connectivity index (χ3v) is 5.44. The number of anilines is 1. The summed E-state index contributed by atoms with van der Waals surface area (Å²) >= 11 is 6.07. The van der Waals surface area contributed by atoms with E-state index in [9.17, 15) is 9.18 Å². The van der Waals surface area contributed by atoms with E-state index in [2.05, 4.69) is 30.6 Å². The maximum atomic E-state index is 14.5. The van der Waals surface area contributed by atoms with Crippen LogP contribution in [0, 0.1) is 5.82 Å². The highest BCUT2D eigenvalue weighted by atomic mass is 35.5. The van der Waals surface area contributed by atoms with E-state index in [0.29, 0.717) is 28.5 Å². The molecule has 3 N–H and O–H groups in total. The third kappa shape index (κ3) is 4.17. The number of hydrogen-bond donors (Lipinski definition) is 3. The predicted molar refractivity (Wildman–Crippen MR) is 110 cm³/mol. The molecule has 0 spiro atoms. The molecule has 1 saturated carbocycles. The summed E-state index contributed by atoms with van der Waals surface area (Å²) in [6, 6.07) is 1.63. The Kier molecular flexibility index (Phi) is 5.62. The number of hydrogen-bond acceptors (Lipinski definition) is 5. The molecule has 3 aromatic rings. The fourth-order valence-electron chi connectivity index (χ4n) is 3.72. The highest BCUT2D eigenvalue weighted by Gasteiger charge is 2.27. The Morgan fingerprint density at radius 3 is 2.86 bits per heavy atom. The van der Waals surface area contributed by atoms with Crippen LogP contribution in [0.5, 0.6) is 0 Å². The molecule has 1 amide bonds. The van der Waals surface area contributed by atoms with Gasteiger partial charge in [0.15, 0.2) is 17.5 Å². The minimum atomic E-state index is -0.532. The van der Waals surface area contributed by atoms with Gasteiger partial charge in [-0.2, -0.15) is 0 Å². The zero-order valence-electron chi connectivity index (χ0n) is 16.0. The van der Waals surface area contributed by atoms with Gasteiger partial charge in [0.25, 0.3) is 0 Å². The van der Waals surface area contributed by atoms with Gasteiger partial charge in [0.1, 0.15) is 5.65 Å². The van der Waals surface area contributed by atoms with Gasteiger partial charge in [-0.1, -0.05) is 31.4 Å². The van der Waals surface area contributed by atoms with Crippen LogP contribution in [-0.4, -0.2) is 37.9 Å². The summed E-state index contributed by atoms with van der Waals surface area (Å²) in [6.07, 6.45) is 8.61. The molecule has 1 fully saturated rings. The topological polar surface area (TPSA) is 95.6 Å². The number of rotatable bonds is 5. The molecular formula is C20H22ClFN6O. The van der Waals surface area contributed by atoms with Crippen molar-refractivity contribution in [3.8, 4) is 11.4 Å². The molecular weight excluding hydrogens is 395 g/mol. The van der Waals surface area contributed by atoms with Crippen molar-refractivity contribution in [1.82, 2.24) is 25.3 Å². The van der Waals surface area contributed by atoms with Gasteiger partial charge >= 0.3 is 0 Å². The molecule has 4 rings (SSSR count). The lowest BCUT2D eigenvalue weighted by Gasteiger charge is -2.33. The van der Waals surface area contributed by atoms with Crippen molar-refractivity contribution < 1.29 is 9.18 Å². The van der Waals surface area contributed by atoms with Crippen molar-refractivity contribution in [3.05, 3.63) is 35.5 Å². The van der Waals surface area contributed by atoms with Gasteiger partial charge in [0.05, 0.1) is 11.2 Å². The molecule has 2 atom stereocenters. The molecule has 7 nitrogen and oxygen atoms in total. The fraction of sp³-hybridized carbons (Fsp3) is 0.400. The fourth-order valence-corrected chi connectivity index (χ4v) is 3.88. The molecule has 0 unspecified atom stereocenters. The number of H-pyrrole nitrogens is 1. The number of halogens is 2. The standard InChI is InChI=1S/C20H22ClFN6O/c1-2-17(29)26-15-5-3-4-6-16(15)27-20-14(22)10-25-19(28-20)13-9-24-18-12(13)7-11(21)8-23-18/h7-10,15-16H,2-6H2,1H3,(H,23,24)(H,26,29)(H,25,27,28)/t15-,16-/m0/s1. The second-order valence-electron chi connectivity index (χ2n) is 7.21. The Morgan fingerprint density at radius 2 is 2.07 bits per heavy atom. The molecule has 1 aliphatic carbocycles. The summed E-state index contributed by atoms with van der Waals surface area (Å²) in [6.45, 7) is 1.82. The molecule has 1 aliphatic rings. The van der Waals surface area contributed by atoms with Crippen LogP contribution < -0.4 is 10.6 Å². The van der Waals surface area contributed by atoms with E-state index in [0.717, 1.165) is 37.3 Å². The summed E-state index contributed by atoms with van der Waals surface area (Å²) in [5.74, 6) is -0.0391. The summed E-state index contributed by atoms with van der Waals surface area (Å²) in [5, 5.41) is 7.49. The first-order chi connectivity index (χ1) is 14.0. The van der Waals surface area contributed by atoms with Crippen molar-refractivity contribution in [2.75, 3.05) is 5.32 Å². The number of aromatic amines is 1. The quantitative estimate of drug-likeness (QED) is 0.582. The predicted octanol–water partition coefficient (Wildman–Crippen LogP) is 4.06. The number of nitrogens with one attached hydrogen (secondary N) is 3. The van der Waals surface area contributed by atoms with Gasteiger partial charge in [-0.3, -0.25) is 4.79 Å². The zero-order valence-corrected chi connectivity index (χ0v) is 16.8. The third-order valence-electron chi connectivity index (χ3n) is 5.24. The number of carbonyl (C=O) groups is 1. The van der Waals surface area contributed by atoms with E-state index in [4.69, 9.17) is 11.6 Å². The maximum Gasteiger partial charge on any atom is 0.220 e. The van der Waals surface area contributed by atoms with Crippen LogP contribution in [-0.2, 0) is 4.79 Å². The summed E-state index contributed by atoms with van der Waals surface area (Å²) in [5.41, 5.74) is 1.35. The molecule has 9 heteroatoms. The normalized spacial score (nSPS) is 19.3. The lowest BCUT2D eigenvalue weighted by Crippen LogP contribution is -2.48. The smallest absolute Gasteiger partial charge is 0.220 e. The second kappa shape index (κ2) is 8.32. The van der Waals surface area contributed by atoms with E-state index < -0.39 is 5.82 Å². The van der Waals surface area contributed by atoms with Crippen molar-refractivity contribution in [3.63, 3.8) is 0 Å². The van der Waals surface area contributed by atoms with Crippen molar-refractivity contribution in [2.24, 2.45) is 0 Å². The van der Waals surface area contributed by atoms with E-state index >= 15 is 0 Å². The molecule has 3 aromatic heterocycles. The lowest BCUT2D eigenvalue weighted by atomic mass is 9.90. The Morgan fingerprint density at radius 1 is 1.28 bits per heavy atom. The largest absolute Gasteiger partial charge is 0.363 e. The van der Waals surface area contributed by atoms with Gasteiger partial charge < -0.3 is 15.6 Å². The van der Waals surface area contributed by atoms with Gasteiger partial charge in [0, 0.05) is 41.8 Å². The molecule has 0 aromatic carbocycles. The van der Waals surface area contributed by atoms with Crippen LogP contribution in [0.4, 0.5) is 10.2 Å². The molecule has 29 heavy (non-hydrogen) atoms. The number of aromatic nitrogens is 4. The molecule has 0 aliphatic heterocycles. The van der Waals surface area contributed by atoms with Crippen LogP contribution in [0.3, 0.4) is 0 Å².